The largest absolute Gasteiger partial charge is 0.302 e. The van der Waals surface area contributed by atoms with Crippen LogP contribution < -0.4 is 0 Å². The molecule has 0 spiro atoms. The summed E-state index contributed by atoms with van der Waals surface area (Å²) in [4.78, 5) is 3.33. The summed E-state index contributed by atoms with van der Waals surface area (Å²) < 4.78 is 0. The summed E-state index contributed by atoms with van der Waals surface area (Å²) in [6.07, 6.45) is 2.60. The molecule has 1 nitrogen and oxygen atoms in total. The first-order chi connectivity index (χ1) is 6.45. The van der Waals surface area contributed by atoms with Crippen molar-refractivity contribution in [2.24, 2.45) is 11.3 Å². The summed E-state index contributed by atoms with van der Waals surface area (Å²) in [5.74, 6) is 0.845. The van der Waals surface area contributed by atoms with Gasteiger partial charge in [-0.2, -0.15) is 0 Å². The van der Waals surface area contributed by atoms with E-state index in [0.717, 1.165) is 5.92 Å². The SMILES string of the molecule is CCC(C)CN1CCC(Br)C(C)(C)C1. The van der Waals surface area contributed by atoms with Gasteiger partial charge in [0, 0.05) is 17.9 Å². The van der Waals surface area contributed by atoms with Gasteiger partial charge in [0.2, 0.25) is 0 Å². The zero-order valence-electron chi connectivity index (χ0n) is 10.0. The van der Waals surface area contributed by atoms with Crippen LogP contribution in [0.3, 0.4) is 0 Å². The van der Waals surface area contributed by atoms with Crippen LogP contribution in [0.25, 0.3) is 0 Å². The lowest BCUT2D eigenvalue weighted by Crippen LogP contribution is -2.47. The molecule has 0 amide bonds. The molecular weight excluding hydrogens is 238 g/mol. The Morgan fingerprint density at radius 3 is 2.64 bits per heavy atom. The van der Waals surface area contributed by atoms with Crippen LogP contribution >= 0.6 is 15.9 Å². The van der Waals surface area contributed by atoms with E-state index in [9.17, 15) is 0 Å². The van der Waals surface area contributed by atoms with Gasteiger partial charge < -0.3 is 4.90 Å². The molecule has 2 unspecified atom stereocenters. The van der Waals surface area contributed by atoms with Crippen molar-refractivity contribution in [3.63, 3.8) is 0 Å². The lowest BCUT2D eigenvalue weighted by Gasteiger charge is -2.42. The fraction of sp³-hybridized carbons (Fsp3) is 1.00. The van der Waals surface area contributed by atoms with Crippen molar-refractivity contribution in [2.75, 3.05) is 19.6 Å². The van der Waals surface area contributed by atoms with Crippen LogP contribution in [0.5, 0.6) is 0 Å². The van der Waals surface area contributed by atoms with E-state index in [-0.39, 0.29) is 0 Å². The maximum atomic E-state index is 3.79. The Kier molecular flexibility index (Phi) is 4.45. The minimum Gasteiger partial charge on any atom is -0.302 e. The zero-order valence-corrected chi connectivity index (χ0v) is 11.6. The van der Waals surface area contributed by atoms with E-state index >= 15 is 0 Å². The Morgan fingerprint density at radius 1 is 1.50 bits per heavy atom. The second-order valence-corrected chi connectivity index (χ2v) is 6.60. The quantitative estimate of drug-likeness (QED) is 0.703. The molecule has 1 aliphatic rings. The molecule has 0 aromatic rings. The zero-order chi connectivity index (χ0) is 10.8. The molecule has 2 atom stereocenters. The number of hydrogen-bond donors (Lipinski definition) is 0. The standard InChI is InChI=1S/C12H24BrN/c1-5-10(2)8-14-7-6-11(13)12(3,4)9-14/h10-11H,5-9H2,1-4H3. The average molecular weight is 262 g/mol. The molecule has 0 aromatic heterocycles. The summed E-state index contributed by atoms with van der Waals surface area (Å²) in [5.41, 5.74) is 0.436. The normalized spacial score (nSPS) is 30.2. The van der Waals surface area contributed by atoms with Gasteiger partial charge >= 0.3 is 0 Å². The van der Waals surface area contributed by atoms with Crippen LogP contribution in [-0.2, 0) is 0 Å². The van der Waals surface area contributed by atoms with Gasteiger partial charge in [0.25, 0.3) is 0 Å². The number of alkyl halides is 1. The van der Waals surface area contributed by atoms with E-state index < -0.39 is 0 Å². The van der Waals surface area contributed by atoms with Gasteiger partial charge in [-0.15, -0.1) is 0 Å². The topological polar surface area (TPSA) is 3.24 Å². The predicted molar refractivity (Wildman–Crippen MR) is 67.0 cm³/mol. The summed E-state index contributed by atoms with van der Waals surface area (Å²) in [6.45, 7) is 13.2. The minimum absolute atomic E-state index is 0.436. The van der Waals surface area contributed by atoms with Gasteiger partial charge in [-0.3, -0.25) is 0 Å². The number of piperidine rings is 1. The van der Waals surface area contributed by atoms with Crippen LogP contribution in [0.15, 0.2) is 0 Å². The van der Waals surface area contributed by atoms with E-state index in [0.29, 0.717) is 10.2 Å². The van der Waals surface area contributed by atoms with Crippen molar-refractivity contribution in [3.05, 3.63) is 0 Å². The van der Waals surface area contributed by atoms with Crippen LogP contribution in [-0.4, -0.2) is 29.4 Å². The van der Waals surface area contributed by atoms with Crippen molar-refractivity contribution < 1.29 is 0 Å². The molecule has 2 heteroatoms. The number of nitrogens with zero attached hydrogens (tertiary/aromatic N) is 1. The van der Waals surface area contributed by atoms with Crippen molar-refractivity contribution >= 4 is 15.9 Å². The number of hydrogen-bond acceptors (Lipinski definition) is 1. The summed E-state index contributed by atoms with van der Waals surface area (Å²) in [7, 11) is 0. The van der Waals surface area contributed by atoms with E-state index in [2.05, 4.69) is 48.5 Å². The van der Waals surface area contributed by atoms with Crippen LogP contribution in [0, 0.1) is 11.3 Å². The third-order valence-electron chi connectivity index (χ3n) is 3.44. The van der Waals surface area contributed by atoms with E-state index in [1.165, 1.54) is 32.5 Å². The maximum absolute atomic E-state index is 3.79. The molecule has 0 aromatic carbocycles. The second-order valence-electron chi connectivity index (χ2n) is 5.49. The van der Waals surface area contributed by atoms with Gasteiger partial charge in [-0.05, 0) is 24.3 Å². The maximum Gasteiger partial charge on any atom is 0.0221 e. The van der Waals surface area contributed by atoms with E-state index in [1.807, 2.05) is 0 Å². The number of halogens is 1. The van der Waals surface area contributed by atoms with Gasteiger partial charge in [-0.25, -0.2) is 0 Å². The lowest BCUT2D eigenvalue weighted by atomic mass is 9.83. The molecule has 1 aliphatic heterocycles. The fourth-order valence-corrected chi connectivity index (χ4v) is 2.52. The first kappa shape index (κ1) is 12.5. The highest BCUT2D eigenvalue weighted by molar-refractivity contribution is 9.09. The van der Waals surface area contributed by atoms with Gasteiger partial charge in [0.05, 0.1) is 0 Å². The third-order valence-corrected chi connectivity index (χ3v) is 5.14. The second kappa shape index (κ2) is 4.98. The third kappa shape index (κ3) is 3.23. The van der Waals surface area contributed by atoms with Crippen LogP contribution in [0.1, 0.15) is 40.5 Å². The highest BCUT2D eigenvalue weighted by atomic mass is 79.9. The Balaban J connectivity index is 2.43. The lowest BCUT2D eigenvalue weighted by molar-refractivity contribution is 0.112. The number of rotatable bonds is 3. The van der Waals surface area contributed by atoms with Crippen molar-refractivity contribution in [2.45, 2.75) is 45.4 Å². The fourth-order valence-electron chi connectivity index (χ4n) is 2.17. The highest BCUT2D eigenvalue weighted by Gasteiger charge is 2.34. The van der Waals surface area contributed by atoms with Crippen molar-refractivity contribution in [1.82, 2.24) is 4.90 Å². The molecule has 84 valence electrons. The molecule has 1 heterocycles. The average Bonchev–Trinajstić information content (AvgIpc) is 2.11. The first-order valence-corrected chi connectivity index (χ1v) is 6.73. The van der Waals surface area contributed by atoms with E-state index in [4.69, 9.17) is 0 Å². The van der Waals surface area contributed by atoms with Crippen LogP contribution in [0.2, 0.25) is 0 Å². The summed E-state index contributed by atoms with van der Waals surface area (Å²) in [5, 5.41) is 0. The molecule has 0 radical (unpaired) electrons. The molecule has 0 bridgehead atoms. The van der Waals surface area contributed by atoms with Gasteiger partial charge in [-0.1, -0.05) is 50.0 Å². The Hall–Kier alpha value is 0.440. The Labute approximate surface area is 97.4 Å². The molecule has 1 rings (SSSR count). The van der Waals surface area contributed by atoms with E-state index in [1.54, 1.807) is 0 Å². The Morgan fingerprint density at radius 2 is 2.14 bits per heavy atom. The van der Waals surface area contributed by atoms with Crippen molar-refractivity contribution in [3.8, 4) is 0 Å². The van der Waals surface area contributed by atoms with Crippen molar-refractivity contribution in [1.29, 1.82) is 0 Å². The van der Waals surface area contributed by atoms with Crippen LogP contribution in [0.4, 0.5) is 0 Å². The first-order valence-electron chi connectivity index (χ1n) is 5.82. The smallest absolute Gasteiger partial charge is 0.0221 e. The monoisotopic (exact) mass is 261 g/mol. The Bertz CT molecular complexity index is 179. The highest BCUT2D eigenvalue weighted by Crippen LogP contribution is 2.34. The summed E-state index contributed by atoms with van der Waals surface area (Å²) in [6, 6.07) is 0. The van der Waals surface area contributed by atoms with Gasteiger partial charge in [0.15, 0.2) is 0 Å². The molecule has 0 aliphatic carbocycles. The minimum atomic E-state index is 0.436. The molecule has 0 saturated carbocycles. The molecular formula is C12H24BrN. The molecule has 1 saturated heterocycles. The molecule has 14 heavy (non-hydrogen) atoms. The van der Waals surface area contributed by atoms with Gasteiger partial charge in [0.1, 0.15) is 0 Å². The number of likely N-dealkylation sites (tertiary alicyclic amines) is 1. The summed E-state index contributed by atoms with van der Waals surface area (Å²) >= 11 is 3.79. The molecule has 0 N–H and O–H groups in total. The predicted octanol–water partition coefficient (Wildman–Crippen LogP) is 3.53. The molecule has 1 fully saturated rings.